The number of morpholine rings is 1. The lowest BCUT2D eigenvalue weighted by Crippen LogP contribution is -2.32. The molecule has 1 saturated heterocycles. The van der Waals surface area contributed by atoms with Gasteiger partial charge in [0, 0.05) is 13.1 Å². The molecule has 0 N–H and O–H groups in total. The van der Waals surface area contributed by atoms with Crippen LogP contribution in [0.1, 0.15) is 32.1 Å². The molecule has 1 heterocycles. The van der Waals surface area contributed by atoms with Gasteiger partial charge in [-0.3, -0.25) is 0 Å². The highest BCUT2D eigenvalue weighted by atomic mass is 16.5. The monoisotopic (exact) mass is 195 g/mol. The third-order valence-electron chi connectivity index (χ3n) is 3.26. The Balaban J connectivity index is 1.73. The standard InChI is InChI=1S/C12H21NO/c1-2-4-12(5-3-1)6-7-13-8-10-14-11-9-13/h6-7,12H,1-5,8-11H2/b7-6+. The third-order valence-corrected chi connectivity index (χ3v) is 3.26. The zero-order chi connectivity index (χ0) is 9.64. The summed E-state index contributed by atoms with van der Waals surface area (Å²) < 4.78 is 5.32. The second-order valence-electron chi connectivity index (χ2n) is 4.39. The molecule has 0 aromatic rings. The van der Waals surface area contributed by atoms with Crippen LogP contribution in [0.25, 0.3) is 0 Å². The van der Waals surface area contributed by atoms with Crippen molar-refractivity contribution in [2.45, 2.75) is 32.1 Å². The molecule has 2 fully saturated rings. The van der Waals surface area contributed by atoms with Crippen LogP contribution in [0.3, 0.4) is 0 Å². The number of rotatable bonds is 2. The van der Waals surface area contributed by atoms with E-state index in [-0.39, 0.29) is 0 Å². The zero-order valence-electron chi connectivity index (χ0n) is 8.95. The van der Waals surface area contributed by atoms with Gasteiger partial charge in [0.15, 0.2) is 0 Å². The Bertz CT molecular complexity index is 159. The number of hydrogen-bond donors (Lipinski definition) is 0. The maximum Gasteiger partial charge on any atom is 0.0642 e. The van der Waals surface area contributed by atoms with E-state index in [4.69, 9.17) is 4.74 Å². The van der Waals surface area contributed by atoms with Gasteiger partial charge >= 0.3 is 0 Å². The van der Waals surface area contributed by atoms with Crippen molar-refractivity contribution < 1.29 is 4.74 Å². The van der Waals surface area contributed by atoms with E-state index < -0.39 is 0 Å². The summed E-state index contributed by atoms with van der Waals surface area (Å²) in [5, 5.41) is 0. The number of nitrogens with zero attached hydrogens (tertiary/aromatic N) is 1. The van der Waals surface area contributed by atoms with Crippen LogP contribution in [0.4, 0.5) is 0 Å². The van der Waals surface area contributed by atoms with Gasteiger partial charge in [0.2, 0.25) is 0 Å². The number of ether oxygens (including phenoxy) is 1. The highest BCUT2D eigenvalue weighted by molar-refractivity contribution is 4.90. The van der Waals surface area contributed by atoms with Gasteiger partial charge < -0.3 is 9.64 Å². The molecule has 2 heteroatoms. The maximum absolute atomic E-state index is 5.32. The summed E-state index contributed by atoms with van der Waals surface area (Å²) in [5.41, 5.74) is 0. The average Bonchev–Trinajstić information content (AvgIpc) is 2.29. The molecule has 1 saturated carbocycles. The van der Waals surface area contributed by atoms with Crippen LogP contribution < -0.4 is 0 Å². The Labute approximate surface area is 86.9 Å². The van der Waals surface area contributed by atoms with Crippen LogP contribution in [-0.2, 0) is 4.74 Å². The first-order valence-corrected chi connectivity index (χ1v) is 5.95. The molecule has 0 bridgehead atoms. The fourth-order valence-corrected chi connectivity index (χ4v) is 2.30. The van der Waals surface area contributed by atoms with E-state index in [9.17, 15) is 0 Å². The quantitative estimate of drug-likeness (QED) is 0.671. The van der Waals surface area contributed by atoms with Crippen molar-refractivity contribution >= 4 is 0 Å². The summed E-state index contributed by atoms with van der Waals surface area (Å²) in [7, 11) is 0. The molecule has 0 aromatic carbocycles. The maximum atomic E-state index is 5.32. The zero-order valence-corrected chi connectivity index (χ0v) is 8.95. The molecular weight excluding hydrogens is 174 g/mol. The van der Waals surface area contributed by atoms with Gasteiger partial charge in [-0.1, -0.05) is 25.3 Å². The highest BCUT2D eigenvalue weighted by Crippen LogP contribution is 2.24. The first kappa shape index (κ1) is 10.0. The lowest BCUT2D eigenvalue weighted by Gasteiger charge is -2.26. The second-order valence-corrected chi connectivity index (χ2v) is 4.39. The summed E-state index contributed by atoms with van der Waals surface area (Å²) in [4.78, 5) is 2.39. The molecule has 1 aliphatic heterocycles. The Morgan fingerprint density at radius 3 is 2.43 bits per heavy atom. The van der Waals surface area contributed by atoms with Gasteiger partial charge in [0.25, 0.3) is 0 Å². The molecule has 0 atom stereocenters. The van der Waals surface area contributed by atoms with Gasteiger partial charge in [0.05, 0.1) is 13.2 Å². The lowest BCUT2D eigenvalue weighted by molar-refractivity contribution is 0.0591. The van der Waals surface area contributed by atoms with Crippen LogP contribution >= 0.6 is 0 Å². The Morgan fingerprint density at radius 2 is 1.71 bits per heavy atom. The summed E-state index contributed by atoms with van der Waals surface area (Å²) in [6.07, 6.45) is 11.8. The fourth-order valence-electron chi connectivity index (χ4n) is 2.30. The van der Waals surface area contributed by atoms with Crippen molar-refractivity contribution in [3.05, 3.63) is 12.3 Å². The normalized spacial score (nSPS) is 25.9. The predicted octanol–water partition coefficient (Wildman–Crippen LogP) is 2.41. The Hall–Kier alpha value is -0.500. The molecule has 1 aliphatic carbocycles. The fraction of sp³-hybridized carbons (Fsp3) is 0.833. The van der Waals surface area contributed by atoms with Gasteiger partial charge in [-0.05, 0) is 25.0 Å². The van der Waals surface area contributed by atoms with E-state index in [0.717, 1.165) is 32.2 Å². The summed E-state index contributed by atoms with van der Waals surface area (Å²) >= 11 is 0. The van der Waals surface area contributed by atoms with Gasteiger partial charge in [-0.2, -0.15) is 0 Å². The molecule has 0 unspecified atom stereocenters. The molecule has 2 rings (SSSR count). The Morgan fingerprint density at radius 1 is 1.00 bits per heavy atom. The first-order valence-electron chi connectivity index (χ1n) is 5.95. The summed E-state index contributed by atoms with van der Waals surface area (Å²) in [6, 6.07) is 0. The molecule has 0 aromatic heterocycles. The summed E-state index contributed by atoms with van der Waals surface area (Å²) in [6.45, 7) is 3.94. The lowest BCUT2D eigenvalue weighted by atomic mass is 9.89. The minimum absolute atomic E-state index is 0.853. The van der Waals surface area contributed by atoms with E-state index >= 15 is 0 Å². The minimum atomic E-state index is 0.853. The van der Waals surface area contributed by atoms with Gasteiger partial charge in [-0.15, -0.1) is 0 Å². The van der Waals surface area contributed by atoms with E-state index in [1.54, 1.807) is 0 Å². The van der Waals surface area contributed by atoms with E-state index in [0.29, 0.717) is 0 Å². The van der Waals surface area contributed by atoms with Crippen LogP contribution in [0.2, 0.25) is 0 Å². The van der Waals surface area contributed by atoms with Gasteiger partial charge in [-0.25, -0.2) is 0 Å². The average molecular weight is 195 g/mol. The van der Waals surface area contributed by atoms with Crippen LogP contribution in [-0.4, -0.2) is 31.2 Å². The van der Waals surface area contributed by atoms with Crippen LogP contribution in [0.5, 0.6) is 0 Å². The van der Waals surface area contributed by atoms with Crippen molar-refractivity contribution in [2.75, 3.05) is 26.3 Å². The van der Waals surface area contributed by atoms with E-state index in [1.165, 1.54) is 32.1 Å². The van der Waals surface area contributed by atoms with Crippen molar-refractivity contribution in [1.29, 1.82) is 0 Å². The number of allylic oxidation sites excluding steroid dienone is 1. The van der Waals surface area contributed by atoms with E-state index in [1.807, 2.05) is 0 Å². The molecule has 0 radical (unpaired) electrons. The third kappa shape index (κ3) is 3.02. The minimum Gasteiger partial charge on any atom is -0.378 e. The molecule has 2 aliphatic rings. The van der Waals surface area contributed by atoms with Crippen LogP contribution in [0.15, 0.2) is 12.3 Å². The molecule has 2 nitrogen and oxygen atoms in total. The topological polar surface area (TPSA) is 12.5 Å². The van der Waals surface area contributed by atoms with Crippen molar-refractivity contribution in [1.82, 2.24) is 4.90 Å². The van der Waals surface area contributed by atoms with Crippen molar-refractivity contribution in [3.63, 3.8) is 0 Å². The largest absolute Gasteiger partial charge is 0.378 e. The second kappa shape index (κ2) is 5.40. The smallest absolute Gasteiger partial charge is 0.0642 e. The van der Waals surface area contributed by atoms with E-state index in [2.05, 4.69) is 17.2 Å². The highest BCUT2D eigenvalue weighted by Gasteiger charge is 2.11. The molecule has 0 spiro atoms. The number of hydrogen-bond acceptors (Lipinski definition) is 2. The summed E-state index contributed by atoms with van der Waals surface area (Å²) in [5.74, 6) is 0.853. The van der Waals surface area contributed by atoms with Crippen LogP contribution in [0, 0.1) is 5.92 Å². The molecule has 14 heavy (non-hydrogen) atoms. The predicted molar refractivity (Wildman–Crippen MR) is 58.1 cm³/mol. The van der Waals surface area contributed by atoms with Gasteiger partial charge in [0.1, 0.15) is 0 Å². The van der Waals surface area contributed by atoms with Crippen molar-refractivity contribution in [3.8, 4) is 0 Å². The Kier molecular flexibility index (Phi) is 3.87. The SMILES string of the molecule is C(=C\N1CCOCC1)/C1CCCCC1. The molecular formula is C12H21NO. The first-order chi connectivity index (χ1) is 6.95. The molecule has 80 valence electrons. The molecule has 0 amide bonds. The van der Waals surface area contributed by atoms with Crippen molar-refractivity contribution in [2.24, 2.45) is 5.92 Å².